The van der Waals surface area contributed by atoms with Crippen molar-refractivity contribution in [2.45, 2.75) is 0 Å². The number of phenolic OH excluding ortho intramolecular Hbond substituents is 1. The number of nitrogens with zero attached hydrogens (tertiary/aromatic N) is 1. The van der Waals surface area contributed by atoms with Crippen molar-refractivity contribution in [2.75, 3.05) is 31.7 Å². The van der Waals surface area contributed by atoms with E-state index in [4.69, 9.17) is 19.3 Å². The van der Waals surface area contributed by atoms with Crippen LogP contribution in [0.15, 0.2) is 84.0 Å². The van der Waals surface area contributed by atoms with Crippen molar-refractivity contribution < 1.29 is 38.0 Å². The summed E-state index contributed by atoms with van der Waals surface area (Å²) in [7, 11) is 0. The minimum atomic E-state index is -0.802. The van der Waals surface area contributed by atoms with E-state index in [1.807, 2.05) is 0 Å². The molecular weight excluding hydrogens is 564 g/mol. The zero-order valence-electron chi connectivity index (χ0n) is 22.5. The number of H-pyrrole nitrogens is 1. The van der Waals surface area contributed by atoms with Crippen molar-refractivity contribution >= 4 is 22.5 Å². The van der Waals surface area contributed by atoms with Gasteiger partial charge in [0.15, 0.2) is 23.1 Å². The molecule has 0 spiro atoms. The van der Waals surface area contributed by atoms with Crippen LogP contribution in [0.1, 0.15) is 10.4 Å². The summed E-state index contributed by atoms with van der Waals surface area (Å²) in [4.78, 5) is 32.8. The highest BCUT2D eigenvalue weighted by Gasteiger charge is 2.17. The first-order valence-corrected chi connectivity index (χ1v) is 13.0. The van der Waals surface area contributed by atoms with Gasteiger partial charge in [0.2, 0.25) is 5.43 Å². The highest BCUT2D eigenvalue weighted by molar-refractivity contribution is 6.04. The summed E-state index contributed by atoms with van der Waals surface area (Å²) in [6, 6.07) is 13.4. The van der Waals surface area contributed by atoms with E-state index >= 15 is 4.39 Å². The number of aliphatic hydroxyl groups excluding tert-OH is 1. The summed E-state index contributed by atoms with van der Waals surface area (Å²) in [5, 5.41) is 22.1. The first-order valence-electron chi connectivity index (χ1n) is 13.0. The quantitative estimate of drug-likeness (QED) is 0.158. The molecule has 0 atom stereocenters. The van der Waals surface area contributed by atoms with E-state index in [0.717, 1.165) is 6.07 Å². The molecule has 2 aromatic heterocycles. The number of benzene rings is 3. The van der Waals surface area contributed by atoms with Crippen LogP contribution in [0.3, 0.4) is 0 Å². The average molecular weight is 590 g/mol. The van der Waals surface area contributed by atoms with Gasteiger partial charge in [-0.2, -0.15) is 0 Å². The standard InChI is InChI=1S/C31H25F2N3O7/c32-19-3-1-18(2-4-19)22-16-34-17-23(30(22)39)31(40)36-20-5-6-28(24(33)13-20)43-27-7-8-35-25-15-29(26(38)14-21(25)27)42-12-11-41-10-9-37/h1-8,13-17,37-38H,9-12H2,(H,34,39)(H,36,40). The number of fused-ring (bicyclic) bond motifs is 1. The summed E-state index contributed by atoms with van der Waals surface area (Å²) in [6.07, 6.45) is 4.08. The third-order valence-electron chi connectivity index (χ3n) is 6.26. The Morgan fingerprint density at radius 1 is 0.930 bits per heavy atom. The predicted octanol–water partition coefficient (Wildman–Crippen LogP) is 5.01. The number of hydrogen-bond donors (Lipinski definition) is 4. The minimum Gasteiger partial charge on any atom is -0.504 e. The maximum Gasteiger partial charge on any atom is 0.261 e. The molecule has 10 nitrogen and oxygen atoms in total. The first kappa shape index (κ1) is 29.2. The Kier molecular flexibility index (Phi) is 8.89. The molecule has 0 unspecified atom stereocenters. The fourth-order valence-corrected chi connectivity index (χ4v) is 4.19. The molecule has 5 aromatic rings. The summed E-state index contributed by atoms with van der Waals surface area (Å²) >= 11 is 0. The largest absolute Gasteiger partial charge is 0.504 e. The molecule has 43 heavy (non-hydrogen) atoms. The van der Waals surface area contributed by atoms with Crippen molar-refractivity contribution in [3.05, 3.63) is 107 Å². The molecule has 0 bridgehead atoms. The van der Waals surface area contributed by atoms with E-state index in [1.165, 1.54) is 73.2 Å². The summed E-state index contributed by atoms with van der Waals surface area (Å²) in [6.45, 7) is 0.411. The second kappa shape index (κ2) is 13.1. The van der Waals surface area contributed by atoms with Gasteiger partial charge >= 0.3 is 0 Å². The molecule has 2 heterocycles. The smallest absolute Gasteiger partial charge is 0.261 e. The summed E-state index contributed by atoms with van der Waals surface area (Å²) < 4.78 is 44.8. The van der Waals surface area contributed by atoms with Gasteiger partial charge in [-0.25, -0.2) is 8.78 Å². The first-order chi connectivity index (χ1) is 20.8. The molecule has 0 saturated carbocycles. The number of nitrogens with one attached hydrogen (secondary N) is 2. The molecule has 0 aliphatic heterocycles. The zero-order chi connectivity index (χ0) is 30.3. The number of amides is 1. The fourth-order valence-electron chi connectivity index (χ4n) is 4.19. The molecular formula is C31H25F2N3O7. The van der Waals surface area contributed by atoms with Crippen LogP contribution in [0.2, 0.25) is 0 Å². The number of carbonyl (C=O) groups is 1. The molecule has 220 valence electrons. The van der Waals surface area contributed by atoms with E-state index in [2.05, 4.69) is 15.3 Å². The number of aromatic nitrogens is 2. The number of aromatic amines is 1. The van der Waals surface area contributed by atoms with Crippen LogP contribution in [0.5, 0.6) is 23.0 Å². The Morgan fingerprint density at radius 2 is 1.74 bits per heavy atom. The monoisotopic (exact) mass is 589 g/mol. The molecule has 0 aliphatic carbocycles. The Hall–Kier alpha value is -5.33. The maximum absolute atomic E-state index is 15.1. The highest BCUT2D eigenvalue weighted by Crippen LogP contribution is 2.37. The van der Waals surface area contributed by atoms with E-state index in [1.54, 1.807) is 0 Å². The van der Waals surface area contributed by atoms with Crippen LogP contribution < -0.4 is 20.2 Å². The van der Waals surface area contributed by atoms with Crippen LogP contribution in [-0.2, 0) is 4.74 Å². The number of ether oxygens (including phenoxy) is 3. The third-order valence-corrected chi connectivity index (χ3v) is 6.26. The fraction of sp³-hybridized carbons (Fsp3) is 0.129. The minimum absolute atomic E-state index is 0.0726. The van der Waals surface area contributed by atoms with Crippen molar-refractivity contribution in [3.8, 4) is 34.1 Å². The molecule has 0 saturated heterocycles. The molecule has 3 aromatic carbocycles. The molecule has 12 heteroatoms. The zero-order valence-corrected chi connectivity index (χ0v) is 22.5. The van der Waals surface area contributed by atoms with Gasteiger partial charge < -0.3 is 34.7 Å². The number of aliphatic hydroxyl groups is 1. The third kappa shape index (κ3) is 6.77. The second-order valence-corrected chi connectivity index (χ2v) is 9.15. The number of rotatable bonds is 11. The normalized spacial score (nSPS) is 11.0. The summed E-state index contributed by atoms with van der Waals surface area (Å²) in [5.74, 6) is -2.02. The van der Waals surface area contributed by atoms with Crippen LogP contribution in [0.25, 0.3) is 22.0 Å². The number of halogens is 2. The van der Waals surface area contributed by atoms with Gasteiger partial charge in [-0.05, 0) is 42.0 Å². The average Bonchev–Trinajstić information content (AvgIpc) is 2.99. The Morgan fingerprint density at radius 3 is 2.51 bits per heavy atom. The van der Waals surface area contributed by atoms with Gasteiger partial charge in [-0.15, -0.1) is 0 Å². The number of aromatic hydroxyl groups is 1. The molecule has 0 aliphatic rings. The number of phenols is 1. The summed E-state index contributed by atoms with van der Waals surface area (Å²) in [5.41, 5.74) is 0.284. The number of anilines is 1. The van der Waals surface area contributed by atoms with Gasteiger partial charge in [0.25, 0.3) is 5.91 Å². The SMILES string of the molecule is O=C(Nc1ccc(Oc2ccnc3cc(OCCOCCO)c(O)cc23)c(F)c1)c1c[nH]cc(-c2ccc(F)cc2)c1=O. The topological polar surface area (TPSA) is 143 Å². The van der Waals surface area contributed by atoms with Crippen LogP contribution in [0.4, 0.5) is 14.5 Å². The van der Waals surface area contributed by atoms with Crippen molar-refractivity contribution in [1.82, 2.24) is 9.97 Å². The van der Waals surface area contributed by atoms with E-state index in [-0.39, 0.29) is 66.2 Å². The second-order valence-electron chi connectivity index (χ2n) is 9.15. The lowest BCUT2D eigenvalue weighted by atomic mass is 10.0. The van der Waals surface area contributed by atoms with E-state index < -0.39 is 23.0 Å². The maximum atomic E-state index is 15.1. The molecule has 0 radical (unpaired) electrons. The van der Waals surface area contributed by atoms with Gasteiger partial charge in [0.05, 0.1) is 25.3 Å². The lowest BCUT2D eigenvalue weighted by Crippen LogP contribution is -2.22. The van der Waals surface area contributed by atoms with Crippen molar-refractivity contribution in [3.63, 3.8) is 0 Å². The van der Waals surface area contributed by atoms with Crippen molar-refractivity contribution in [1.29, 1.82) is 0 Å². The van der Waals surface area contributed by atoms with Gasteiger partial charge in [0, 0.05) is 47.4 Å². The lowest BCUT2D eigenvalue weighted by Gasteiger charge is -2.13. The Balaban J connectivity index is 1.31. The number of hydrogen-bond acceptors (Lipinski definition) is 8. The number of carbonyl (C=O) groups excluding carboxylic acids is 1. The Bertz CT molecular complexity index is 1830. The highest BCUT2D eigenvalue weighted by atomic mass is 19.1. The van der Waals surface area contributed by atoms with Crippen LogP contribution in [0, 0.1) is 11.6 Å². The van der Waals surface area contributed by atoms with E-state index in [0.29, 0.717) is 16.5 Å². The molecule has 0 fully saturated rings. The van der Waals surface area contributed by atoms with E-state index in [9.17, 15) is 19.1 Å². The van der Waals surface area contributed by atoms with Crippen LogP contribution in [-0.4, -0.2) is 52.5 Å². The molecule has 4 N–H and O–H groups in total. The van der Waals surface area contributed by atoms with Crippen LogP contribution >= 0.6 is 0 Å². The van der Waals surface area contributed by atoms with Gasteiger partial charge in [0.1, 0.15) is 23.7 Å². The van der Waals surface area contributed by atoms with Gasteiger partial charge in [-0.1, -0.05) is 12.1 Å². The molecule has 5 rings (SSSR count). The van der Waals surface area contributed by atoms with Gasteiger partial charge in [-0.3, -0.25) is 14.6 Å². The molecule has 1 amide bonds. The van der Waals surface area contributed by atoms with Crippen molar-refractivity contribution in [2.24, 2.45) is 0 Å². The predicted molar refractivity (Wildman–Crippen MR) is 154 cm³/mol. The number of pyridine rings is 2. The lowest BCUT2D eigenvalue weighted by molar-refractivity contribution is 0.0699. The Labute approximate surface area is 243 Å².